The Kier molecular flexibility index (Phi) is 5.38. The SMILES string of the molecule is CC(C)(C)c1cc([N+](=O)[O-])cc([N+](=O)[O-])c1O.CN. The zero-order chi connectivity index (χ0) is 15.4. The molecule has 1 aromatic carbocycles. The number of nitro benzene ring substituents is 2. The molecule has 0 spiro atoms. The summed E-state index contributed by atoms with van der Waals surface area (Å²) in [6.45, 7) is 5.11. The highest BCUT2D eigenvalue weighted by Gasteiger charge is 2.29. The van der Waals surface area contributed by atoms with E-state index >= 15 is 0 Å². The number of non-ortho nitro benzene ring substituents is 1. The van der Waals surface area contributed by atoms with Gasteiger partial charge in [-0.05, 0) is 12.5 Å². The number of phenolic OH excluding ortho intramolecular Hbond substituents is 1. The van der Waals surface area contributed by atoms with Crippen molar-refractivity contribution in [3.63, 3.8) is 0 Å². The zero-order valence-electron chi connectivity index (χ0n) is 11.2. The van der Waals surface area contributed by atoms with E-state index in [1.807, 2.05) is 0 Å². The van der Waals surface area contributed by atoms with Gasteiger partial charge in [0.1, 0.15) is 0 Å². The topological polar surface area (TPSA) is 133 Å². The van der Waals surface area contributed by atoms with Gasteiger partial charge in [-0.1, -0.05) is 20.8 Å². The molecular formula is C11H17N3O5. The molecule has 0 fully saturated rings. The lowest BCUT2D eigenvalue weighted by molar-refractivity contribution is -0.394. The predicted molar refractivity (Wildman–Crippen MR) is 70.2 cm³/mol. The molecule has 19 heavy (non-hydrogen) atoms. The number of aromatic hydroxyl groups is 1. The molecule has 0 radical (unpaired) electrons. The van der Waals surface area contributed by atoms with Gasteiger partial charge in [0.05, 0.1) is 15.9 Å². The lowest BCUT2D eigenvalue weighted by Gasteiger charge is -2.19. The molecule has 106 valence electrons. The molecule has 0 aliphatic rings. The van der Waals surface area contributed by atoms with Gasteiger partial charge >= 0.3 is 5.69 Å². The van der Waals surface area contributed by atoms with Gasteiger partial charge in [-0.3, -0.25) is 20.2 Å². The van der Waals surface area contributed by atoms with Crippen molar-refractivity contribution in [3.8, 4) is 5.75 Å². The van der Waals surface area contributed by atoms with Crippen LogP contribution in [0.15, 0.2) is 12.1 Å². The van der Waals surface area contributed by atoms with Crippen molar-refractivity contribution in [2.45, 2.75) is 26.2 Å². The minimum absolute atomic E-state index is 0.179. The third-order valence-corrected chi connectivity index (χ3v) is 2.29. The molecule has 0 saturated carbocycles. The summed E-state index contributed by atoms with van der Waals surface area (Å²) < 4.78 is 0. The highest BCUT2D eigenvalue weighted by Crippen LogP contribution is 2.40. The number of phenols is 1. The number of nitrogens with zero attached hydrogens (tertiary/aromatic N) is 2. The molecule has 0 aromatic heterocycles. The fourth-order valence-corrected chi connectivity index (χ4v) is 1.42. The summed E-state index contributed by atoms with van der Waals surface area (Å²) in [7, 11) is 1.50. The Hall–Kier alpha value is -2.22. The second-order valence-electron chi connectivity index (χ2n) is 4.63. The highest BCUT2D eigenvalue weighted by atomic mass is 16.6. The predicted octanol–water partition coefficient (Wildman–Crippen LogP) is 2.08. The number of nitrogens with two attached hydrogens (primary N) is 1. The van der Waals surface area contributed by atoms with Gasteiger partial charge in [0.2, 0.25) is 0 Å². The molecule has 0 bridgehead atoms. The first-order valence-electron chi connectivity index (χ1n) is 5.38. The smallest absolute Gasteiger partial charge is 0.317 e. The van der Waals surface area contributed by atoms with Gasteiger partial charge in [0, 0.05) is 11.6 Å². The number of benzene rings is 1. The van der Waals surface area contributed by atoms with E-state index in [4.69, 9.17) is 0 Å². The first-order chi connectivity index (χ1) is 8.64. The normalized spacial score (nSPS) is 10.4. The lowest BCUT2D eigenvalue weighted by Crippen LogP contribution is -2.12. The van der Waals surface area contributed by atoms with E-state index in [2.05, 4.69) is 5.73 Å². The molecule has 3 N–H and O–H groups in total. The third kappa shape index (κ3) is 3.88. The van der Waals surface area contributed by atoms with Crippen molar-refractivity contribution in [1.29, 1.82) is 0 Å². The van der Waals surface area contributed by atoms with Crippen molar-refractivity contribution in [1.82, 2.24) is 0 Å². The molecule has 0 saturated heterocycles. The molecule has 1 rings (SSSR count). The Morgan fingerprint density at radius 3 is 1.89 bits per heavy atom. The fraction of sp³-hybridized carbons (Fsp3) is 0.455. The van der Waals surface area contributed by atoms with Crippen molar-refractivity contribution < 1.29 is 15.0 Å². The van der Waals surface area contributed by atoms with Crippen molar-refractivity contribution in [2.24, 2.45) is 5.73 Å². The standard InChI is InChI=1S/C10H12N2O5.CH5N/c1-10(2,3)7-4-6(11(14)15)5-8(9(7)13)12(16)17;1-2/h4-5,13H,1-3H3;2H2,1H3. The average molecular weight is 271 g/mol. The largest absolute Gasteiger partial charge is 0.502 e. The second kappa shape index (κ2) is 6.10. The summed E-state index contributed by atoms with van der Waals surface area (Å²) in [5.41, 5.74) is 3.00. The molecule has 8 heteroatoms. The van der Waals surface area contributed by atoms with Crippen LogP contribution >= 0.6 is 0 Å². The summed E-state index contributed by atoms with van der Waals surface area (Å²) in [6.07, 6.45) is 0. The molecule has 8 nitrogen and oxygen atoms in total. The monoisotopic (exact) mass is 271 g/mol. The van der Waals surface area contributed by atoms with E-state index in [1.165, 1.54) is 7.05 Å². The summed E-state index contributed by atoms with van der Waals surface area (Å²) in [4.78, 5) is 19.8. The van der Waals surface area contributed by atoms with Crippen LogP contribution in [0.5, 0.6) is 5.75 Å². The van der Waals surface area contributed by atoms with Gasteiger partial charge in [-0.2, -0.15) is 0 Å². The highest BCUT2D eigenvalue weighted by molar-refractivity contribution is 5.59. The quantitative estimate of drug-likeness (QED) is 0.625. The van der Waals surface area contributed by atoms with E-state index < -0.39 is 32.4 Å². The number of hydrogen-bond donors (Lipinski definition) is 2. The Morgan fingerprint density at radius 1 is 1.11 bits per heavy atom. The molecule has 0 heterocycles. The van der Waals surface area contributed by atoms with Crippen LogP contribution in [-0.4, -0.2) is 22.0 Å². The van der Waals surface area contributed by atoms with Crippen LogP contribution in [0.25, 0.3) is 0 Å². The van der Waals surface area contributed by atoms with Gasteiger partial charge < -0.3 is 10.8 Å². The average Bonchev–Trinajstić information content (AvgIpc) is 2.29. The Balaban J connectivity index is 0.00000154. The number of nitro groups is 2. The maximum atomic E-state index is 10.7. The van der Waals surface area contributed by atoms with Crippen LogP contribution in [0.1, 0.15) is 26.3 Å². The van der Waals surface area contributed by atoms with E-state index in [0.29, 0.717) is 0 Å². The Bertz CT molecular complexity index is 494. The second-order valence-corrected chi connectivity index (χ2v) is 4.63. The van der Waals surface area contributed by atoms with Crippen LogP contribution in [0.2, 0.25) is 0 Å². The molecule has 0 atom stereocenters. The van der Waals surface area contributed by atoms with Gasteiger partial charge in [0.15, 0.2) is 5.75 Å². The lowest BCUT2D eigenvalue weighted by atomic mass is 9.85. The Labute approximate surface area is 110 Å². The van der Waals surface area contributed by atoms with Crippen LogP contribution in [-0.2, 0) is 5.41 Å². The summed E-state index contributed by atoms with van der Waals surface area (Å²) in [6, 6.07) is 1.91. The van der Waals surface area contributed by atoms with Crippen molar-refractivity contribution in [3.05, 3.63) is 37.9 Å². The first kappa shape index (κ1) is 16.8. The minimum atomic E-state index is -0.836. The molecule has 0 aliphatic carbocycles. The van der Waals surface area contributed by atoms with Gasteiger partial charge in [-0.15, -0.1) is 0 Å². The van der Waals surface area contributed by atoms with E-state index in [0.717, 1.165) is 12.1 Å². The molecular weight excluding hydrogens is 254 g/mol. The van der Waals surface area contributed by atoms with E-state index in [9.17, 15) is 25.3 Å². The van der Waals surface area contributed by atoms with Crippen molar-refractivity contribution >= 4 is 11.4 Å². The number of rotatable bonds is 2. The van der Waals surface area contributed by atoms with E-state index in [-0.39, 0.29) is 5.56 Å². The maximum Gasteiger partial charge on any atom is 0.317 e. The minimum Gasteiger partial charge on any atom is -0.502 e. The van der Waals surface area contributed by atoms with Crippen LogP contribution in [0, 0.1) is 20.2 Å². The fourth-order valence-electron chi connectivity index (χ4n) is 1.42. The number of hydrogen-bond acceptors (Lipinski definition) is 6. The Morgan fingerprint density at radius 2 is 1.58 bits per heavy atom. The van der Waals surface area contributed by atoms with Crippen LogP contribution in [0.3, 0.4) is 0 Å². The summed E-state index contributed by atoms with van der Waals surface area (Å²) >= 11 is 0. The molecule has 1 aromatic rings. The molecule has 0 amide bonds. The van der Waals surface area contributed by atoms with Crippen LogP contribution < -0.4 is 5.73 Å². The van der Waals surface area contributed by atoms with Gasteiger partial charge in [0.25, 0.3) is 5.69 Å². The van der Waals surface area contributed by atoms with Crippen molar-refractivity contribution in [2.75, 3.05) is 7.05 Å². The maximum absolute atomic E-state index is 10.7. The van der Waals surface area contributed by atoms with Gasteiger partial charge in [-0.25, -0.2) is 0 Å². The summed E-state index contributed by atoms with van der Waals surface area (Å²) in [5.74, 6) is -0.520. The van der Waals surface area contributed by atoms with E-state index in [1.54, 1.807) is 20.8 Å². The zero-order valence-corrected chi connectivity index (χ0v) is 11.2. The van der Waals surface area contributed by atoms with Crippen LogP contribution in [0.4, 0.5) is 11.4 Å². The first-order valence-corrected chi connectivity index (χ1v) is 5.38. The third-order valence-electron chi connectivity index (χ3n) is 2.29. The molecule has 0 aliphatic heterocycles. The summed E-state index contributed by atoms with van der Waals surface area (Å²) in [5, 5.41) is 31.1. The molecule has 0 unspecified atom stereocenters.